The number of rotatable bonds is 8. The van der Waals surface area contributed by atoms with E-state index < -0.39 is 0 Å². The van der Waals surface area contributed by atoms with Crippen LogP contribution in [0.15, 0.2) is 30.3 Å². The molecule has 0 amide bonds. The summed E-state index contributed by atoms with van der Waals surface area (Å²) in [6, 6.07) is 11.2. The first-order chi connectivity index (χ1) is 8.85. The van der Waals surface area contributed by atoms with E-state index in [0.717, 1.165) is 5.92 Å². The predicted molar refractivity (Wildman–Crippen MR) is 75.7 cm³/mol. The molecule has 1 aliphatic rings. The quantitative estimate of drug-likeness (QED) is 0.762. The fourth-order valence-corrected chi connectivity index (χ4v) is 2.75. The maximum atomic E-state index is 5.67. The molecule has 18 heavy (non-hydrogen) atoms. The highest BCUT2D eigenvalue weighted by Crippen LogP contribution is 2.36. The lowest BCUT2D eigenvalue weighted by atomic mass is 9.98. The molecular weight excluding hydrogens is 222 g/mol. The van der Waals surface area contributed by atoms with Crippen molar-refractivity contribution < 1.29 is 4.74 Å². The van der Waals surface area contributed by atoms with Crippen LogP contribution in [0.1, 0.15) is 31.2 Å². The Balaban J connectivity index is 1.76. The minimum absolute atomic E-state index is 0.408. The second-order valence-corrected chi connectivity index (χ2v) is 5.31. The van der Waals surface area contributed by atoms with Crippen molar-refractivity contribution in [1.82, 2.24) is 5.32 Å². The standard InChI is InChI=1S/C16H25NO/c1-17-15(16(18-2)14-11-12-14)10-6-9-13-7-4-3-5-8-13/h3-5,7-8,14-17H,6,9-12H2,1-2H3. The van der Waals surface area contributed by atoms with E-state index in [9.17, 15) is 0 Å². The van der Waals surface area contributed by atoms with Crippen LogP contribution in [0.25, 0.3) is 0 Å². The van der Waals surface area contributed by atoms with Gasteiger partial charge in [0.1, 0.15) is 0 Å². The van der Waals surface area contributed by atoms with Crippen LogP contribution in [-0.2, 0) is 11.2 Å². The van der Waals surface area contributed by atoms with E-state index in [4.69, 9.17) is 4.74 Å². The third-order valence-corrected chi connectivity index (χ3v) is 3.95. The molecule has 1 saturated carbocycles. The molecule has 2 unspecified atom stereocenters. The van der Waals surface area contributed by atoms with Gasteiger partial charge in [-0.1, -0.05) is 30.3 Å². The van der Waals surface area contributed by atoms with E-state index in [1.807, 2.05) is 7.11 Å². The lowest BCUT2D eigenvalue weighted by Gasteiger charge is -2.25. The Hall–Kier alpha value is -0.860. The van der Waals surface area contributed by atoms with Gasteiger partial charge in [0.2, 0.25) is 0 Å². The summed E-state index contributed by atoms with van der Waals surface area (Å²) in [5, 5.41) is 3.44. The maximum absolute atomic E-state index is 5.67. The highest BCUT2D eigenvalue weighted by molar-refractivity contribution is 5.14. The third kappa shape index (κ3) is 3.82. The summed E-state index contributed by atoms with van der Waals surface area (Å²) < 4.78 is 5.67. The summed E-state index contributed by atoms with van der Waals surface area (Å²) in [6.07, 6.45) is 6.68. The molecule has 0 aliphatic heterocycles. The second kappa shape index (κ2) is 6.91. The number of methoxy groups -OCH3 is 1. The zero-order valence-corrected chi connectivity index (χ0v) is 11.6. The summed E-state index contributed by atoms with van der Waals surface area (Å²) in [7, 11) is 3.91. The maximum Gasteiger partial charge on any atom is 0.0752 e. The van der Waals surface area contributed by atoms with Crippen LogP contribution in [0.5, 0.6) is 0 Å². The lowest BCUT2D eigenvalue weighted by Crippen LogP contribution is -2.40. The van der Waals surface area contributed by atoms with E-state index >= 15 is 0 Å². The van der Waals surface area contributed by atoms with Crippen molar-refractivity contribution in [2.24, 2.45) is 5.92 Å². The molecule has 0 saturated heterocycles. The molecule has 1 fully saturated rings. The Morgan fingerprint density at radius 2 is 2.00 bits per heavy atom. The van der Waals surface area contributed by atoms with E-state index in [1.165, 1.54) is 37.7 Å². The van der Waals surface area contributed by atoms with Gasteiger partial charge in [0.05, 0.1) is 6.10 Å². The normalized spacial score (nSPS) is 18.6. The van der Waals surface area contributed by atoms with Crippen LogP contribution in [-0.4, -0.2) is 26.3 Å². The Bertz CT molecular complexity index is 334. The molecule has 0 spiro atoms. The van der Waals surface area contributed by atoms with Crippen molar-refractivity contribution in [3.63, 3.8) is 0 Å². The fourth-order valence-electron chi connectivity index (χ4n) is 2.75. The van der Waals surface area contributed by atoms with Gasteiger partial charge in [-0.25, -0.2) is 0 Å². The number of likely N-dealkylation sites (N-methyl/N-ethyl adjacent to an activating group) is 1. The van der Waals surface area contributed by atoms with E-state index in [2.05, 4.69) is 42.7 Å². The Morgan fingerprint density at radius 3 is 2.56 bits per heavy atom. The van der Waals surface area contributed by atoms with Gasteiger partial charge in [0.15, 0.2) is 0 Å². The van der Waals surface area contributed by atoms with Crippen LogP contribution in [0, 0.1) is 5.92 Å². The van der Waals surface area contributed by atoms with Gasteiger partial charge in [0.25, 0.3) is 0 Å². The predicted octanol–water partition coefficient (Wildman–Crippen LogP) is 3.02. The van der Waals surface area contributed by atoms with Gasteiger partial charge in [0, 0.05) is 13.2 Å². The molecule has 0 heterocycles. The monoisotopic (exact) mass is 247 g/mol. The average molecular weight is 247 g/mol. The highest BCUT2D eigenvalue weighted by atomic mass is 16.5. The van der Waals surface area contributed by atoms with Crippen molar-refractivity contribution in [3.05, 3.63) is 35.9 Å². The first-order valence-corrected chi connectivity index (χ1v) is 7.09. The zero-order valence-electron chi connectivity index (χ0n) is 11.6. The van der Waals surface area contributed by atoms with Gasteiger partial charge >= 0.3 is 0 Å². The lowest BCUT2D eigenvalue weighted by molar-refractivity contribution is 0.0502. The van der Waals surface area contributed by atoms with Crippen molar-refractivity contribution >= 4 is 0 Å². The third-order valence-electron chi connectivity index (χ3n) is 3.95. The molecular formula is C16H25NO. The van der Waals surface area contributed by atoms with Gasteiger partial charge in [-0.05, 0) is 50.6 Å². The zero-order chi connectivity index (χ0) is 12.8. The summed E-state index contributed by atoms with van der Waals surface area (Å²) >= 11 is 0. The molecule has 0 radical (unpaired) electrons. The molecule has 1 aromatic rings. The second-order valence-electron chi connectivity index (χ2n) is 5.31. The largest absolute Gasteiger partial charge is 0.380 e. The van der Waals surface area contributed by atoms with Crippen molar-refractivity contribution in [2.75, 3.05) is 14.2 Å². The van der Waals surface area contributed by atoms with Crippen LogP contribution in [0.3, 0.4) is 0 Å². The van der Waals surface area contributed by atoms with Crippen LogP contribution < -0.4 is 5.32 Å². The summed E-state index contributed by atoms with van der Waals surface area (Å²) in [5.74, 6) is 0.796. The smallest absolute Gasteiger partial charge is 0.0752 e. The van der Waals surface area contributed by atoms with Crippen LogP contribution in [0.2, 0.25) is 0 Å². The van der Waals surface area contributed by atoms with E-state index in [1.54, 1.807) is 0 Å². The number of ether oxygens (including phenoxy) is 1. The van der Waals surface area contributed by atoms with Gasteiger partial charge < -0.3 is 10.1 Å². The summed E-state index contributed by atoms with van der Waals surface area (Å²) in [6.45, 7) is 0. The fraction of sp³-hybridized carbons (Fsp3) is 0.625. The topological polar surface area (TPSA) is 21.3 Å². The molecule has 2 nitrogen and oxygen atoms in total. The van der Waals surface area contributed by atoms with Crippen molar-refractivity contribution in [2.45, 2.75) is 44.2 Å². The minimum Gasteiger partial charge on any atom is -0.380 e. The van der Waals surface area contributed by atoms with Gasteiger partial charge in [-0.15, -0.1) is 0 Å². The number of nitrogens with one attached hydrogen (secondary N) is 1. The van der Waals surface area contributed by atoms with Crippen molar-refractivity contribution in [1.29, 1.82) is 0 Å². The van der Waals surface area contributed by atoms with E-state index in [-0.39, 0.29) is 0 Å². The Labute approximate surface area is 111 Å². The molecule has 2 atom stereocenters. The number of aryl methyl sites for hydroxylation is 1. The molecule has 1 aliphatic carbocycles. The van der Waals surface area contributed by atoms with Crippen LogP contribution >= 0.6 is 0 Å². The number of benzene rings is 1. The Morgan fingerprint density at radius 1 is 1.28 bits per heavy atom. The molecule has 0 bridgehead atoms. The highest BCUT2D eigenvalue weighted by Gasteiger charge is 2.35. The number of hydrogen-bond donors (Lipinski definition) is 1. The molecule has 100 valence electrons. The first-order valence-electron chi connectivity index (χ1n) is 7.09. The Kier molecular flexibility index (Phi) is 5.21. The first kappa shape index (κ1) is 13.6. The van der Waals surface area contributed by atoms with Gasteiger partial charge in [-0.3, -0.25) is 0 Å². The number of hydrogen-bond acceptors (Lipinski definition) is 2. The molecule has 0 aromatic heterocycles. The summed E-state index contributed by atoms with van der Waals surface area (Å²) in [4.78, 5) is 0. The molecule has 2 heteroatoms. The van der Waals surface area contributed by atoms with E-state index in [0.29, 0.717) is 12.1 Å². The molecule has 2 rings (SSSR count). The molecule has 1 N–H and O–H groups in total. The average Bonchev–Trinajstić information content (AvgIpc) is 3.23. The van der Waals surface area contributed by atoms with Crippen LogP contribution in [0.4, 0.5) is 0 Å². The van der Waals surface area contributed by atoms with Crippen molar-refractivity contribution in [3.8, 4) is 0 Å². The minimum atomic E-state index is 0.408. The summed E-state index contributed by atoms with van der Waals surface area (Å²) in [5.41, 5.74) is 1.44. The molecule has 1 aromatic carbocycles. The SMILES string of the molecule is CNC(CCCc1ccccc1)C(OC)C1CC1. The van der Waals surface area contributed by atoms with Gasteiger partial charge in [-0.2, -0.15) is 0 Å².